The van der Waals surface area contributed by atoms with E-state index in [1.165, 1.54) is 18.6 Å². The molecule has 0 aliphatic heterocycles. The maximum atomic E-state index is 11.3. The summed E-state index contributed by atoms with van der Waals surface area (Å²) in [6, 6.07) is 0. The van der Waals surface area contributed by atoms with E-state index in [1.807, 2.05) is 0 Å². The lowest BCUT2D eigenvalue weighted by Crippen LogP contribution is -2.51. The standard InChI is InChI=1S/C9H13N3O3/c1-2-3-15-8(13)9(10,14)4-7-5-11-6-12-7/h2,5-6,14H,1,3-4,10H2,(H,11,12). The first-order valence-electron chi connectivity index (χ1n) is 4.33. The number of ether oxygens (including phenoxy) is 1. The molecule has 1 atom stereocenters. The molecule has 1 unspecified atom stereocenters. The van der Waals surface area contributed by atoms with E-state index in [9.17, 15) is 9.90 Å². The topological polar surface area (TPSA) is 101 Å². The number of carbonyl (C=O) groups is 1. The fraction of sp³-hybridized carbons (Fsp3) is 0.333. The lowest BCUT2D eigenvalue weighted by molar-refractivity contribution is -0.163. The molecule has 1 heterocycles. The zero-order valence-electron chi connectivity index (χ0n) is 8.14. The van der Waals surface area contributed by atoms with Crippen LogP contribution in [-0.4, -0.2) is 33.4 Å². The number of nitrogens with one attached hydrogen (secondary N) is 1. The van der Waals surface area contributed by atoms with Gasteiger partial charge in [0.2, 0.25) is 5.72 Å². The number of carbonyl (C=O) groups excluding carboxylic acids is 1. The predicted molar refractivity (Wildman–Crippen MR) is 52.6 cm³/mol. The van der Waals surface area contributed by atoms with E-state index in [0.717, 1.165) is 0 Å². The average molecular weight is 211 g/mol. The molecule has 0 aliphatic carbocycles. The Kier molecular flexibility index (Phi) is 3.59. The summed E-state index contributed by atoms with van der Waals surface area (Å²) in [6.07, 6.45) is 4.21. The van der Waals surface area contributed by atoms with Crippen molar-refractivity contribution in [1.82, 2.24) is 9.97 Å². The molecule has 0 fully saturated rings. The molecule has 0 aliphatic rings. The summed E-state index contributed by atoms with van der Waals surface area (Å²) in [5, 5.41) is 9.60. The van der Waals surface area contributed by atoms with Crippen molar-refractivity contribution in [3.8, 4) is 0 Å². The Morgan fingerprint density at radius 1 is 1.87 bits per heavy atom. The molecule has 0 radical (unpaired) electrons. The Hall–Kier alpha value is -1.66. The molecule has 6 heteroatoms. The Morgan fingerprint density at radius 2 is 2.60 bits per heavy atom. The molecule has 0 saturated carbocycles. The highest BCUT2D eigenvalue weighted by Gasteiger charge is 2.33. The highest BCUT2D eigenvalue weighted by Crippen LogP contribution is 2.07. The molecule has 0 bridgehead atoms. The summed E-state index contributed by atoms with van der Waals surface area (Å²) < 4.78 is 4.64. The summed E-state index contributed by atoms with van der Waals surface area (Å²) in [5.41, 5.74) is 3.90. The Bertz CT molecular complexity index is 332. The summed E-state index contributed by atoms with van der Waals surface area (Å²) in [7, 11) is 0. The van der Waals surface area contributed by atoms with Crippen molar-refractivity contribution < 1.29 is 14.6 Å². The molecular weight excluding hydrogens is 198 g/mol. The van der Waals surface area contributed by atoms with Gasteiger partial charge in [-0.25, -0.2) is 9.78 Å². The van der Waals surface area contributed by atoms with E-state index in [-0.39, 0.29) is 13.0 Å². The van der Waals surface area contributed by atoms with Gasteiger partial charge in [0, 0.05) is 18.3 Å². The van der Waals surface area contributed by atoms with E-state index < -0.39 is 11.7 Å². The Balaban J connectivity index is 2.57. The van der Waals surface area contributed by atoms with Crippen LogP contribution in [0.4, 0.5) is 0 Å². The van der Waals surface area contributed by atoms with Gasteiger partial charge < -0.3 is 14.8 Å². The number of aromatic nitrogens is 2. The van der Waals surface area contributed by atoms with Crippen molar-refractivity contribution in [3.05, 3.63) is 30.9 Å². The van der Waals surface area contributed by atoms with Gasteiger partial charge in [0.25, 0.3) is 0 Å². The Labute approximate surface area is 86.8 Å². The summed E-state index contributed by atoms with van der Waals surface area (Å²) >= 11 is 0. The quantitative estimate of drug-likeness (QED) is 0.340. The van der Waals surface area contributed by atoms with E-state index in [1.54, 1.807) is 0 Å². The van der Waals surface area contributed by atoms with E-state index in [0.29, 0.717) is 5.69 Å². The van der Waals surface area contributed by atoms with Crippen LogP contribution in [0.2, 0.25) is 0 Å². The lowest BCUT2D eigenvalue weighted by Gasteiger charge is -2.19. The lowest BCUT2D eigenvalue weighted by atomic mass is 10.1. The summed E-state index contributed by atoms with van der Waals surface area (Å²) in [5.74, 6) is -0.892. The third-order valence-corrected chi connectivity index (χ3v) is 1.70. The fourth-order valence-electron chi connectivity index (χ4n) is 1.00. The van der Waals surface area contributed by atoms with Gasteiger partial charge in [-0.05, 0) is 0 Å². The van der Waals surface area contributed by atoms with E-state index in [4.69, 9.17) is 5.73 Å². The van der Waals surface area contributed by atoms with E-state index in [2.05, 4.69) is 21.3 Å². The Morgan fingerprint density at radius 3 is 3.13 bits per heavy atom. The number of hydrogen-bond acceptors (Lipinski definition) is 5. The third-order valence-electron chi connectivity index (χ3n) is 1.70. The molecule has 1 rings (SSSR count). The SMILES string of the molecule is C=CCOC(=O)C(N)(O)Cc1cnc[nH]1. The molecule has 1 aromatic rings. The second-order valence-electron chi connectivity index (χ2n) is 3.07. The highest BCUT2D eigenvalue weighted by atomic mass is 16.6. The first kappa shape index (κ1) is 11.4. The van der Waals surface area contributed by atoms with Gasteiger partial charge >= 0.3 is 5.97 Å². The van der Waals surface area contributed by atoms with Crippen molar-refractivity contribution in [2.24, 2.45) is 5.73 Å². The normalized spacial score (nSPS) is 14.3. The zero-order valence-corrected chi connectivity index (χ0v) is 8.14. The average Bonchev–Trinajstić information content (AvgIpc) is 2.65. The smallest absolute Gasteiger partial charge is 0.354 e. The van der Waals surface area contributed by atoms with Crippen LogP contribution in [0.25, 0.3) is 0 Å². The summed E-state index contributed by atoms with van der Waals surface area (Å²) in [6.45, 7) is 3.39. The van der Waals surface area contributed by atoms with Crippen molar-refractivity contribution >= 4 is 5.97 Å². The van der Waals surface area contributed by atoms with Gasteiger partial charge in [0.1, 0.15) is 6.61 Å². The van der Waals surface area contributed by atoms with Gasteiger partial charge in [-0.15, -0.1) is 0 Å². The first-order chi connectivity index (χ1) is 7.06. The number of imidazole rings is 1. The van der Waals surface area contributed by atoms with Gasteiger partial charge in [-0.1, -0.05) is 12.7 Å². The second kappa shape index (κ2) is 4.72. The number of nitrogens with two attached hydrogens (primary N) is 1. The number of esters is 1. The maximum Gasteiger partial charge on any atom is 0.354 e. The van der Waals surface area contributed by atoms with Crippen LogP contribution in [0.1, 0.15) is 5.69 Å². The van der Waals surface area contributed by atoms with Crippen molar-refractivity contribution in [2.75, 3.05) is 6.61 Å². The molecule has 6 nitrogen and oxygen atoms in total. The molecule has 15 heavy (non-hydrogen) atoms. The van der Waals surface area contributed by atoms with Crippen LogP contribution in [-0.2, 0) is 16.0 Å². The van der Waals surface area contributed by atoms with Crippen LogP contribution in [0.15, 0.2) is 25.2 Å². The monoisotopic (exact) mass is 211 g/mol. The number of rotatable bonds is 5. The highest BCUT2D eigenvalue weighted by molar-refractivity contribution is 5.78. The van der Waals surface area contributed by atoms with Crippen molar-refractivity contribution in [3.63, 3.8) is 0 Å². The minimum Gasteiger partial charge on any atom is -0.458 e. The minimum atomic E-state index is -2.05. The van der Waals surface area contributed by atoms with Crippen LogP contribution in [0.5, 0.6) is 0 Å². The van der Waals surface area contributed by atoms with Crippen molar-refractivity contribution in [2.45, 2.75) is 12.1 Å². The van der Waals surface area contributed by atoms with Crippen molar-refractivity contribution in [1.29, 1.82) is 0 Å². The fourth-order valence-corrected chi connectivity index (χ4v) is 1.00. The van der Waals surface area contributed by atoms with Gasteiger partial charge in [-0.2, -0.15) is 0 Å². The summed E-state index contributed by atoms with van der Waals surface area (Å²) in [4.78, 5) is 17.7. The maximum absolute atomic E-state index is 11.3. The number of aromatic amines is 1. The molecule has 0 saturated heterocycles. The number of aliphatic hydroxyl groups is 1. The number of hydrogen-bond donors (Lipinski definition) is 3. The number of H-pyrrole nitrogens is 1. The van der Waals surface area contributed by atoms with Crippen LogP contribution in [0.3, 0.4) is 0 Å². The largest absolute Gasteiger partial charge is 0.458 e. The van der Waals surface area contributed by atoms with E-state index >= 15 is 0 Å². The number of nitrogens with zero attached hydrogens (tertiary/aromatic N) is 1. The molecular formula is C9H13N3O3. The van der Waals surface area contributed by atoms with Gasteiger partial charge in [-0.3, -0.25) is 5.73 Å². The molecule has 0 amide bonds. The molecule has 4 N–H and O–H groups in total. The minimum absolute atomic E-state index is 0.0152. The molecule has 0 aromatic carbocycles. The van der Waals surface area contributed by atoms with Crippen LogP contribution >= 0.6 is 0 Å². The third kappa shape index (κ3) is 3.19. The second-order valence-corrected chi connectivity index (χ2v) is 3.07. The predicted octanol–water partition coefficient (Wildman–Crippen LogP) is -0.671. The van der Waals surface area contributed by atoms with Crippen LogP contribution < -0.4 is 5.73 Å². The van der Waals surface area contributed by atoms with Gasteiger partial charge in [0.15, 0.2) is 0 Å². The van der Waals surface area contributed by atoms with Gasteiger partial charge in [0.05, 0.1) is 6.33 Å². The van der Waals surface area contributed by atoms with Crippen LogP contribution in [0, 0.1) is 0 Å². The first-order valence-corrected chi connectivity index (χ1v) is 4.33. The zero-order chi connectivity index (χ0) is 11.3. The molecule has 1 aromatic heterocycles. The molecule has 82 valence electrons. The molecule has 0 spiro atoms.